The molecule has 3 aromatic carbocycles. The molecule has 0 spiro atoms. The van der Waals surface area contributed by atoms with Gasteiger partial charge < -0.3 is 9.30 Å². The van der Waals surface area contributed by atoms with E-state index >= 15 is 0 Å². The van der Waals surface area contributed by atoms with Gasteiger partial charge in [-0.25, -0.2) is 5.43 Å². The van der Waals surface area contributed by atoms with Gasteiger partial charge in [-0.2, -0.15) is 0 Å². The van der Waals surface area contributed by atoms with Gasteiger partial charge in [-0.1, -0.05) is 53.8 Å². The zero-order valence-electron chi connectivity index (χ0n) is 14.2. The maximum absolute atomic E-state index is 12.0. The summed E-state index contributed by atoms with van der Waals surface area (Å²) >= 11 is 1.52. The van der Waals surface area contributed by atoms with Crippen LogP contribution in [0.25, 0.3) is 21.0 Å². The van der Waals surface area contributed by atoms with Crippen LogP contribution in [0.15, 0.2) is 71.8 Å². The predicted octanol–water partition coefficient (Wildman–Crippen LogP) is 3.40. The number of nitrogens with one attached hydrogen (secondary N) is 1. The number of carbonyl (C=O) groups is 1. The van der Waals surface area contributed by atoms with E-state index in [9.17, 15) is 4.79 Å². The Morgan fingerprint density at radius 3 is 2.69 bits per heavy atom. The third kappa shape index (κ3) is 3.32. The van der Waals surface area contributed by atoms with E-state index in [-0.39, 0.29) is 12.5 Å². The Hall–Kier alpha value is -3.12. The van der Waals surface area contributed by atoms with Crippen LogP contribution in [0.2, 0.25) is 0 Å². The molecule has 1 aromatic heterocycles. The van der Waals surface area contributed by atoms with Crippen molar-refractivity contribution in [2.45, 2.75) is 0 Å². The quantitative estimate of drug-likeness (QED) is 0.565. The minimum atomic E-state index is -0.296. The van der Waals surface area contributed by atoms with E-state index in [2.05, 4.69) is 10.5 Å². The molecule has 0 bridgehead atoms. The normalized spacial score (nSPS) is 11.8. The van der Waals surface area contributed by atoms with Crippen molar-refractivity contribution in [2.24, 2.45) is 12.1 Å². The number of amides is 1. The summed E-state index contributed by atoms with van der Waals surface area (Å²) in [5.41, 5.74) is 3.64. The Morgan fingerprint density at radius 2 is 1.85 bits per heavy atom. The van der Waals surface area contributed by atoms with E-state index in [1.54, 1.807) is 0 Å². The molecule has 4 aromatic rings. The number of thiazole rings is 1. The maximum atomic E-state index is 12.0. The molecule has 1 N–H and O–H groups in total. The van der Waals surface area contributed by atoms with Crippen LogP contribution in [0.1, 0.15) is 0 Å². The fourth-order valence-corrected chi connectivity index (χ4v) is 3.72. The second-order valence-electron chi connectivity index (χ2n) is 5.86. The topological polar surface area (TPSA) is 55.6 Å². The van der Waals surface area contributed by atoms with Crippen LogP contribution < -0.4 is 15.0 Å². The first-order valence-corrected chi connectivity index (χ1v) is 9.01. The summed E-state index contributed by atoms with van der Waals surface area (Å²) in [7, 11) is 1.93. The SMILES string of the molecule is Cn1/c(=N\NC(=O)COc2ccc3ccccc3c2)sc2ccccc21. The van der Waals surface area contributed by atoms with Crippen LogP contribution in [0.5, 0.6) is 5.75 Å². The lowest BCUT2D eigenvalue weighted by Crippen LogP contribution is -2.27. The second kappa shape index (κ2) is 7.01. The summed E-state index contributed by atoms with van der Waals surface area (Å²) in [6.07, 6.45) is 0. The number of para-hydroxylation sites is 1. The smallest absolute Gasteiger partial charge is 0.278 e. The molecular weight excluding hydrogens is 346 g/mol. The predicted molar refractivity (Wildman–Crippen MR) is 104 cm³/mol. The van der Waals surface area contributed by atoms with Crippen LogP contribution >= 0.6 is 11.3 Å². The molecule has 0 radical (unpaired) electrons. The Bertz CT molecular complexity index is 1160. The van der Waals surface area contributed by atoms with Crippen molar-refractivity contribution in [1.82, 2.24) is 9.99 Å². The Balaban J connectivity index is 1.43. The lowest BCUT2D eigenvalue weighted by atomic mass is 10.1. The van der Waals surface area contributed by atoms with Gasteiger partial charge in [0.25, 0.3) is 5.91 Å². The molecule has 26 heavy (non-hydrogen) atoms. The van der Waals surface area contributed by atoms with E-state index in [1.807, 2.05) is 78.3 Å². The highest BCUT2D eigenvalue weighted by Crippen LogP contribution is 2.20. The van der Waals surface area contributed by atoms with Crippen molar-refractivity contribution >= 4 is 38.2 Å². The number of ether oxygens (including phenoxy) is 1. The minimum Gasteiger partial charge on any atom is -0.484 e. The highest BCUT2D eigenvalue weighted by Gasteiger charge is 2.05. The van der Waals surface area contributed by atoms with Crippen molar-refractivity contribution in [3.05, 3.63) is 71.5 Å². The molecule has 1 heterocycles. The van der Waals surface area contributed by atoms with Crippen LogP contribution in [0.3, 0.4) is 0 Å². The second-order valence-corrected chi connectivity index (χ2v) is 6.86. The summed E-state index contributed by atoms with van der Waals surface area (Å²) in [5.74, 6) is 0.363. The number of carbonyl (C=O) groups excluding carboxylic acids is 1. The van der Waals surface area contributed by atoms with Gasteiger partial charge in [-0.15, -0.1) is 5.10 Å². The average Bonchev–Trinajstić information content (AvgIpc) is 3.00. The number of hydrogen-bond donors (Lipinski definition) is 1. The van der Waals surface area contributed by atoms with E-state index in [0.717, 1.165) is 25.8 Å². The number of nitrogens with zero attached hydrogens (tertiary/aromatic N) is 2. The molecule has 0 saturated heterocycles. The van der Waals surface area contributed by atoms with Crippen LogP contribution in [0, 0.1) is 0 Å². The molecule has 0 aliphatic rings. The van der Waals surface area contributed by atoms with Gasteiger partial charge in [-0.3, -0.25) is 4.79 Å². The molecular formula is C20H17N3O2S. The van der Waals surface area contributed by atoms with Crippen LogP contribution in [-0.2, 0) is 11.8 Å². The van der Waals surface area contributed by atoms with Gasteiger partial charge in [0.1, 0.15) is 5.75 Å². The molecule has 4 rings (SSSR count). The van der Waals surface area contributed by atoms with Crippen molar-refractivity contribution < 1.29 is 9.53 Å². The van der Waals surface area contributed by atoms with E-state index in [4.69, 9.17) is 4.74 Å². The molecule has 0 atom stereocenters. The first kappa shape index (κ1) is 16.4. The van der Waals surface area contributed by atoms with Gasteiger partial charge in [0.2, 0.25) is 4.80 Å². The fourth-order valence-electron chi connectivity index (χ4n) is 2.74. The first-order valence-electron chi connectivity index (χ1n) is 8.19. The molecule has 130 valence electrons. The Labute approximate surface area is 154 Å². The van der Waals surface area contributed by atoms with Crippen LogP contribution in [-0.4, -0.2) is 17.1 Å². The third-order valence-corrected chi connectivity index (χ3v) is 5.19. The highest BCUT2D eigenvalue weighted by atomic mass is 32.1. The molecule has 1 amide bonds. The minimum absolute atomic E-state index is 0.0869. The summed E-state index contributed by atoms with van der Waals surface area (Å²) in [5, 5.41) is 6.42. The zero-order chi connectivity index (χ0) is 17.9. The summed E-state index contributed by atoms with van der Waals surface area (Å²) < 4.78 is 8.65. The van der Waals surface area contributed by atoms with E-state index in [0.29, 0.717) is 5.75 Å². The monoisotopic (exact) mass is 363 g/mol. The van der Waals surface area contributed by atoms with Gasteiger partial charge in [0, 0.05) is 7.05 Å². The Morgan fingerprint density at radius 1 is 1.08 bits per heavy atom. The number of fused-ring (bicyclic) bond motifs is 2. The Kier molecular flexibility index (Phi) is 4.41. The molecule has 0 saturated carbocycles. The highest BCUT2D eigenvalue weighted by molar-refractivity contribution is 7.16. The average molecular weight is 363 g/mol. The number of aromatic nitrogens is 1. The van der Waals surface area contributed by atoms with Crippen molar-refractivity contribution in [2.75, 3.05) is 6.61 Å². The lowest BCUT2D eigenvalue weighted by Gasteiger charge is -2.06. The molecule has 0 unspecified atom stereocenters. The zero-order valence-corrected chi connectivity index (χ0v) is 15.0. The fraction of sp³-hybridized carbons (Fsp3) is 0.100. The van der Waals surface area contributed by atoms with E-state index in [1.165, 1.54) is 11.3 Å². The van der Waals surface area contributed by atoms with E-state index < -0.39 is 0 Å². The summed E-state index contributed by atoms with van der Waals surface area (Å²) in [4.78, 5) is 12.8. The molecule has 6 heteroatoms. The molecule has 0 aliphatic heterocycles. The first-order chi connectivity index (χ1) is 12.7. The number of hydrogen-bond acceptors (Lipinski definition) is 4. The standard InChI is InChI=1S/C20H17N3O2S/c1-23-17-8-4-5-9-18(17)26-20(23)22-21-19(24)13-25-16-11-10-14-6-2-3-7-15(14)12-16/h2-12H,13H2,1H3,(H,21,24)/b22-20+. The van der Waals surface area contributed by atoms with Crippen molar-refractivity contribution in [3.8, 4) is 5.75 Å². The summed E-state index contributed by atoms with van der Waals surface area (Å²) in [6, 6.07) is 21.8. The van der Waals surface area contributed by atoms with Crippen molar-refractivity contribution in [1.29, 1.82) is 0 Å². The van der Waals surface area contributed by atoms with Crippen LogP contribution in [0.4, 0.5) is 0 Å². The van der Waals surface area contributed by atoms with Gasteiger partial charge in [0.05, 0.1) is 10.2 Å². The molecule has 0 fully saturated rings. The maximum Gasteiger partial charge on any atom is 0.278 e. The third-order valence-electron chi connectivity index (χ3n) is 4.08. The van der Waals surface area contributed by atoms with Gasteiger partial charge >= 0.3 is 0 Å². The largest absolute Gasteiger partial charge is 0.484 e. The van der Waals surface area contributed by atoms with Gasteiger partial charge in [0.15, 0.2) is 6.61 Å². The number of benzene rings is 3. The molecule has 0 aliphatic carbocycles. The molecule has 5 nitrogen and oxygen atoms in total. The lowest BCUT2D eigenvalue weighted by molar-refractivity contribution is -0.123. The number of rotatable bonds is 4. The number of aryl methyl sites for hydroxylation is 1. The van der Waals surface area contributed by atoms with Crippen molar-refractivity contribution in [3.63, 3.8) is 0 Å². The summed E-state index contributed by atoms with van der Waals surface area (Å²) in [6.45, 7) is -0.0869. The van der Waals surface area contributed by atoms with Gasteiger partial charge in [-0.05, 0) is 35.0 Å².